The van der Waals surface area contributed by atoms with Crippen molar-refractivity contribution in [1.82, 2.24) is 14.9 Å². The van der Waals surface area contributed by atoms with Crippen LogP contribution < -0.4 is 4.74 Å². The molecule has 0 radical (unpaired) electrons. The Balaban J connectivity index is 1.58. The molecule has 0 atom stereocenters. The fourth-order valence-electron chi connectivity index (χ4n) is 2.16. The van der Waals surface area contributed by atoms with E-state index in [0.29, 0.717) is 13.1 Å². The normalized spacial score (nSPS) is 15.0. The van der Waals surface area contributed by atoms with Gasteiger partial charge in [-0.3, -0.25) is 9.78 Å². The van der Waals surface area contributed by atoms with Gasteiger partial charge in [0.05, 0.1) is 30.0 Å². The zero-order valence-electron chi connectivity index (χ0n) is 11.4. The van der Waals surface area contributed by atoms with Crippen molar-refractivity contribution in [2.45, 2.75) is 20.0 Å². The van der Waals surface area contributed by atoms with Crippen LogP contribution in [-0.4, -0.2) is 40.0 Å². The molecular weight excluding hydrogens is 274 g/mol. The Kier molecular flexibility index (Phi) is 3.40. The van der Waals surface area contributed by atoms with Crippen molar-refractivity contribution in [1.29, 1.82) is 0 Å². The van der Waals surface area contributed by atoms with Crippen molar-refractivity contribution in [2.24, 2.45) is 0 Å². The Morgan fingerprint density at radius 2 is 2.25 bits per heavy atom. The van der Waals surface area contributed by atoms with Crippen LogP contribution in [0.4, 0.5) is 0 Å². The SMILES string of the molecule is Cc1nc(C)c(C(=O)N2CC(Oc3cccnc3)C2)s1. The van der Waals surface area contributed by atoms with Crippen molar-refractivity contribution < 1.29 is 9.53 Å². The summed E-state index contributed by atoms with van der Waals surface area (Å²) in [5, 5.41) is 0.925. The van der Waals surface area contributed by atoms with Crippen LogP contribution in [0.5, 0.6) is 5.75 Å². The lowest BCUT2D eigenvalue weighted by molar-refractivity contribution is 0.0179. The minimum absolute atomic E-state index is 0.0532. The van der Waals surface area contributed by atoms with E-state index in [1.54, 1.807) is 17.3 Å². The molecule has 6 heteroatoms. The van der Waals surface area contributed by atoms with Crippen LogP contribution in [-0.2, 0) is 0 Å². The highest BCUT2D eigenvalue weighted by Crippen LogP contribution is 2.23. The number of pyridine rings is 1. The number of carbonyl (C=O) groups is 1. The number of hydrogen-bond acceptors (Lipinski definition) is 5. The Morgan fingerprint density at radius 3 is 2.85 bits per heavy atom. The quantitative estimate of drug-likeness (QED) is 0.868. The lowest BCUT2D eigenvalue weighted by Gasteiger charge is -2.38. The molecule has 3 heterocycles. The van der Waals surface area contributed by atoms with E-state index < -0.39 is 0 Å². The zero-order valence-corrected chi connectivity index (χ0v) is 12.2. The van der Waals surface area contributed by atoms with E-state index in [2.05, 4.69) is 9.97 Å². The first kappa shape index (κ1) is 13.1. The number of ether oxygens (including phenoxy) is 1. The molecule has 1 aliphatic heterocycles. The van der Waals surface area contributed by atoms with E-state index in [4.69, 9.17) is 4.74 Å². The lowest BCUT2D eigenvalue weighted by atomic mass is 10.1. The molecule has 1 saturated heterocycles. The van der Waals surface area contributed by atoms with Crippen molar-refractivity contribution >= 4 is 17.2 Å². The first-order chi connectivity index (χ1) is 9.63. The number of aromatic nitrogens is 2. The maximum absolute atomic E-state index is 12.3. The molecule has 1 fully saturated rings. The number of carbonyl (C=O) groups excluding carboxylic acids is 1. The molecule has 0 unspecified atom stereocenters. The van der Waals surface area contributed by atoms with Gasteiger partial charge in [-0.2, -0.15) is 0 Å². The molecule has 2 aromatic heterocycles. The highest BCUT2D eigenvalue weighted by atomic mass is 32.1. The molecule has 0 bridgehead atoms. The molecule has 104 valence electrons. The minimum atomic E-state index is 0.0532. The Morgan fingerprint density at radius 1 is 1.45 bits per heavy atom. The smallest absolute Gasteiger partial charge is 0.266 e. The standard InChI is InChI=1S/C14H15N3O2S/c1-9-13(20-10(2)16-9)14(18)17-7-12(8-17)19-11-4-3-5-15-6-11/h3-6,12H,7-8H2,1-2H3. The number of amides is 1. The molecule has 0 aliphatic carbocycles. The van der Waals surface area contributed by atoms with Gasteiger partial charge in [-0.15, -0.1) is 11.3 Å². The third-order valence-corrected chi connectivity index (χ3v) is 4.23. The number of hydrogen-bond donors (Lipinski definition) is 0. The van der Waals surface area contributed by atoms with Crippen LogP contribution in [0.2, 0.25) is 0 Å². The molecule has 2 aromatic rings. The zero-order chi connectivity index (χ0) is 14.1. The average molecular weight is 289 g/mol. The van der Waals surface area contributed by atoms with Crippen molar-refractivity contribution in [3.05, 3.63) is 40.1 Å². The first-order valence-electron chi connectivity index (χ1n) is 6.43. The fourth-order valence-corrected chi connectivity index (χ4v) is 3.05. The number of thiazole rings is 1. The van der Waals surface area contributed by atoms with E-state index in [-0.39, 0.29) is 12.0 Å². The van der Waals surface area contributed by atoms with E-state index >= 15 is 0 Å². The van der Waals surface area contributed by atoms with Gasteiger partial charge in [0.2, 0.25) is 0 Å². The van der Waals surface area contributed by atoms with Crippen molar-refractivity contribution in [3.8, 4) is 5.75 Å². The van der Waals surface area contributed by atoms with E-state index in [1.165, 1.54) is 11.3 Å². The monoisotopic (exact) mass is 289 g/mol. The molecule has 5 nitrogen and oxygen atoms in total. The predicted octanol–water partition coefficient (Wildman–Crippen LogP) is 2.06. The summed E-state index contributed by atoms with van der Waals surface area (Å²) < 4.78 is 5.73. The van der Waals surface area contributed by atoms with Crippen molar-refractivity contribution in [2.75, 3.05) is 13.1 Å². The summed E-state index contributed by atoms with van der Waals surface area (Å²) in [6.07, 6.45) is 3.44. The van der Waals surface area contributed by atoms with Crippen LogP contribution in [0.25, 0.3) is 0 Å². The summed E-state index contributed by atoms with van der Waals surface area (Å²) in [6, 6.07) is 3.70. The van der Waals surface area contributed by atoms with Gasteiger partial charge in [-0.1, -0.05) is 0 Å². The summed E-state index contributed by atoms with van der Waals surface area (Å²) >= 11 is 1.45. The lowest BCUT2D eigenvalue weighted by Crippen LogP contribution is -2.56. The van der Waals surface area contributed by atoms with Gasteiger partial charge in [-0.25, -0.2) is 4.98 Å². The topological polar surface area (TPSA) is 55.3 Å². The van der Waals surface area contributed by atoms with Gasteiger partial charge in [-0.05, 0) is 26.0 Å². The Labute approximate surface area is 121 Å². The molecule has 1 aliphatic rings. The summed E-state index contributed by atoms with van der Waals surface area (Å²) in [5.41, 5.74) is 0.814. The summed E-state index contributed by atoms with van der Waals surface area (Å²) in [6.45, 7) is 5.02. The van der Waals surface area contributed by atoms with E-state index in [1.807, 2.05) is 26.0 Å². The summed E-state index contributed by atoms with van der Waals surface area (Å²) in [7, 11) is 0. The van der Waals surface area contributed by atoms with Gasteiger partial charge < -0.3 is 9.64 Å². The maximum Gasteiger partial charge on any atom is 0.266 e. The molecule has 0 N–H and O–H groups in total. The van der Waals surface area contributed by atoms with Gasteiger partial charge in [0.1, 0.15) is 16.7 Å². The summed E-state index contributed by atoms with van der Waals surface area (Å²) in [5.74, 6) is 0.800. The second-order valence-electron chi connectivity index (χ2n) is 4.79. The van der Waals surface area contributed by atoms with Gasteiger partial charge in [0.15, 0.2) is 0 Å². The second kappa shape index (κ2) is 5.20. The third kappa shape index (κ3) is 2.51. The van der Waals surface area contributed by atoms with Crippen LogP contribution >= 0.6 is 11.3 Å². The molecule has 0 spiro atoms. The Hall–Kier alpha value is -1.95. The highest BCUT2D eigenvalue weighted by molar-refractivity contribution is 7.13. The van der Waals surface area contributed by atoms with E-state index in [0.717, 1.165) is 21.3 Å². The van der Waals surface area contributed by atoms with Gasteiger partial charge in [0, 0.05) is 6.20 Å². The van der Waals surface area contributed by atoms with Crippen LogP contribution in [0.3, 0.4) is 0 Å². The largest absolute Gasteiger partial charge is 0.485 e. The average Bonchev–Trinajstić information content (AvgIpc) is 2.73. The van der Waals surface area contributed by atoms with Crippen LogP contribution in [0.15, 0.2) is 24.5 Å². The first-order valence-corrected chi connectivity index (χ1v) is 7.25. The number of likely N-dealkylation sites (tertiary alicyclic amines) is 1. The maximum atomic E-state index is 12.3. The fraction of sp³-hybridized carbons (Fsp3) is 0.357. The number of nitrogens with zero attached hydrogens (tertiary/aromatic N) is 3. The molecule has 0 aromatic carbocycles. The summed E-state index contributed by atoms with van der Waals surface area (Å²) in [4.78, 5) is 23.1. The van der Waals surface area contributed by atoms with E-state index in [9.17, 15) is 4.79 Å². The molecule has 0 saturated carbocycles. The molecule has 20 heavy (non-hydrogen) atoms. The molecule has 3 rings (SSSR count). The second-order valence-corrected chi connectivity index (χ2v) is 5.99. The molecule has 1 amide bonds. The van der Waals surface area contributed by atoms with Gasteiger partial charge in [0.25, 0.3) is 5.91 Å². The Bertz CT molecular complexity index is 621. The molecular formula is C14H15N3O2S. The minimum Gasteiger partial charge on any atom is -0.485 e. The van der Waals surface area contributed by atoms with Crippen molar-refractivity contribution in [3.63, 3.8) is 0 Å². The number of rotatable bonds is 3. The van der Waals surface area contributed by atoms with Crippen LogP contribution in [0, 0.1) is 13.8 Å². The predicted molar refractivity (Wildman–Crippen MR) is 76.1 cm³/mol. The highest BCUT2D eigenvalue weighted by Gasteiger charge is 2.34. The van der Waals surface area contributed by atoms with Gasteiger partial charge >= 0.3 is 0 Å². The number of aryl methyl sites for hydroxylation is 2. The third-order valence-electron chi connectivity index (χ3n) is 3.17. The van der Waals surface area contributed by atoms with Crippen LogP contribution in [0.1, 0.15) is 20.4 Å².